The molecule has 6 aromatic carbocycles. The molecule has 0 nitrogen and oxygen atoms in total. The molecular weight excluding hydrogens is 759 g/mol. The van der Waals surface area contributed by atoms with Gasteiger partial charge in [-0.3, -0.25) is 0 Å². The van der Waals surface area contributed by atoms with Crippen molar-refractivity contribution in [2.75, 3.05) is 0 Å². The molecule has 235 valence electrons. The zero-order valence-corrected chi connectivity index (χ0v) is 32.7. The summed E-state index contributed by atoms with van der Waals surface area (Å²) in [6.45, 7) is 4.97. The van der Waals surface area contributed by atoms with E-state index < -0.39 is 23.7 Å². The molecular formula is C46H43HfSi. The van der Waals surface area contributed by atoms with Crippen LogP contribution in [0.3, 0.4) is 0 Å². The van der Waals surface area contributed by atoms with Crippen LogP contribution >= 0.6 is 0 Å². The molecule has 0 aliphatic heterocycles. The Morgan fingerprint density at radius 1 is 0.417 bits per heavy atom. The molecule has 0 radical (unpaired) electrons. The Morgan fingerprint density at radius 3 is 1.15 bits per heavy atom. The Bertz CT molecular complexity index is 1960. The van der Waals surface area contributed by atoms with Crippen molar-refractivity contribution in [1.29, 1.82) is 0 Å². The van der Waals surface area contributed by atoms with Gasteiger partial charge in [0.1, 0.15) is 0 Å². The van der Waals surface area contributed by atoms with Crippen molar-refractivity contribution in [3.8, 4) is 0 Å². The van der Waals surface area contributed by atoms with Crippen LogP contribution in [-0.4, -0.2) is 5.98 Å². The van der Waals surface area contributed by atoms with Crippen molar-refractivity contribution in [3.63, 3.8) is 0 Å². The number of allylic oxidation sites excluding steroid dienone is 2. The SMILES string of the molecule is CC1=Cc2ccccc2[CH]1[Hf]([CH2]c1ccccc1)([CH2]c1ccccc1)([CH]1C(C)=Cc2ccccc21)[SiH](c1ccccc1)c1ccccc1. The summed E-state index contributed by atoms with van der Waals surface area (Å²) in [4.78, 5) is 0. The van der Waals surface area contributed by atoms with E-state index in [0.29, 0.717) is 7.35 Å². The maximum atomic E-state index is 2.56. The molecule has 2 atom stereocenters. The summed E-state index contributed by atoms with van der Waals surface area (Å²) >= 11 is -4.96. The molecule has 0 N–H and O–H groups in total. The molecule has 6 aromatic rings. The first-order valence-electron chi connectivity index (χ1n) is 17.5. The molecule has 0 fully saturated rings. The summed E-state index contributed by atoms with van der Waals surface area (Å²) in [6.07, 6.45) is 5.13. The van der Waals surface area contributed by atoms with E-state index in [2.05, 4.69) is 196 Å². The molecule has 0 saturated carbocycles. The van der Waals surface area contributed by atoms with Gasteiger partial charge in [-0.05, 0) is 0 Å². The van der Waals surface area contributed by atoms with Crippen molar-refractivity contribution >= 4 is 28.5 Å². The van der Waals surface area contributed by atoms with E-state index in [1.807, 2.05) is 0 Å². The van der Waals surface area contributed by atoms with E-state index in [4.69, 9.17) is 0 Å². The molecule has 0 bridgehead atoms. The fraction of sp³-hybridized carbons (Fsp3) is 0.130. The Kier molecular flexibility index (Phi) is 8.27. The Balaban J connectivity index is 1.63. The van der Waals surface area contributed by atoms with Gasteiger partial charge in [-0.1, -0.05) is 0 Å². The standard InChI is InChI=1S/C12H11Si.2C10H9.2C7H7.Hf/c1-3-7-11(8-4-1)13-12-9-5-2-6-10-12;2*1-8-6-9-4-2-3-5-10(9)7-8;2*1-7-5-3-2-4-6-7;/h1-10,13H;2*2-7H,1H3;2*2-6H,1H2;. The summed E-state index contributed by atoms with van der Waals surface area (Å²) in [6, 6.07) is 65.9. The van der Waals surface area contributed by atoms with Crippen molar-refractivity contribution in [2.24, 2.45) is 0 Å². The van der Waals surface area contributed by atoms with Crippen LogP contribution in [0.1, 0.15) is 54.6 Å². The molecule has 2 unspecified atom stereocenters. The van der Waals surface area contributed by atoms with Crippen LogP contribution in [0.4, 0.5) is 0 Å². The third-order valence-electron chi connectivity index (χ3n) is 11.7. The minimum absolute atomic E-state index is 0.398. The van der Waals surface area contributed by atoms with Crippen molar-refractivity contribution < 1.29 is 17.7 Å². The van der Waals surface area contributed by atoms with E-state index in [1.54, 1.807) is 32.6 Å². The molecule has 2 aliphatic rings. The first-order chi connectivity index (χ1) is 23.6. The van der Waals surface area contributed by atoms with Gasteiger partial charge < -0.3 is 0 Å². The van der Waals surface area contributed by atoms with Gasteiger partial charge >= 0.3 is 290 Å². The molecule has 2 aliphatic carbocycles. The van der Waals surface area contributed by atoms with Crippen LogP contribution in [0.15, 0.2) is 181 Å². The van der Waals surface area contributed by atoms with Gasteiger partial charge in [-0.2, -0.15) is 0 Å². The van der Waals surface area contributed by atoms with E-state index >= 15 is 0 Å². The Hall–Kier alpha value is -4.11. The van der Waals surface area contributed by atoms with E-state index in [9.17, 15) is 0 Å². The topological polar surface area (TPSA) is 0 Å². The molecule has 8 rings (SSSR count). The van der Waals surface area contributed by atoms with E-state index in [0.717, 1.165) is 0 Å². The quantitative estimate of drug-likeness (QED) is 0.128. The summed E-state index contributed by atoms with van der Waals surface area (Å²) in [7, 11) is 0. The van der Waals surface area contributed by atoms with Crippen LogP contribution in [0.2, 0.25) is 0 Å². The predicted molar refractivity (Wildman–Crippen MR) is 205 cm³/mol. The second-order valence-corrected chi connectivity index (χ2v) is 55.9. The van der Waals surface area contributed by atoms with Crippen LogP contribution in [0.25, 0.3) is 12.2 Å². The van der Waals surface area contributed by atoms with Gasteiger partial charge in [0, 0.05) is 0 Å². The second kappa shape index (κ2) is 12.7. The van der Waals surface area contributed by atoms with Crippen LogP contribution < -0.4 is 10.4 Å². The molecule has 48 heavy (non-hydrogen) atoms. The average molecular weight is 802 g/mol. The van der Waals surface area contributed by atoms with Crippen LogP contribution in [-0.2, 0) is 26.0 Å². The third-order valence-corrected chi connectivity index (χ3v) is 72.6. The first-order valence-corrected chi connectivity index (χ1v) is 34.6. The third kappa shape index (κ3) is 5.04. The fourth-order valence-corrected chi connectivity index (χ4v) is 90.4. The van der Waals surface area contributed by atoms with Crippen LogP contribution in [0.5, 0.6) is 0 Å². The number of rotatable bonds is 9. The van der Waals surface area contributed by atoms with Crippen molar-refractivity contribution in [1.82, 2.24) is 0 Å². The predicted octanol–water partition coefficient (Wildman–Crippen LogP) is 9.93. The van der Waals surface area contributed by atoms with Gasteiger partial charge in [0.05, 0.1) is 0 Å². The zero-order chi connectivity index (χ0) is 32.6. The first kappa shape index (κ1) is 31.2. The molecule has 0 aromatic heterocycles. The number of hydrogen-bond acceptors (Lipinski definition) is 0. The zero-order valence-electron chi connectivity index (χ0n) is 28.0. The molecule has 0 amide bonds. The molecule has 0 spiro atoms. The molecule has 0 saturated heterocycles. The van der Waals surface area contributed by atoms with Gasteiger partial charge in [0.2, 0.25) is 0 Å². The Morgan fingerprint density at radius 2 is 0.750 bits per heavy atom. The van der Waals surface area contributed by atoms with E-state index in [-0.39, 0.29) is 0 Å². The average Bonchev–Trinajstić information content (AvgIpc) is 3.66. The summed E-state index contributed by atoms with van der Waals surface area (Å²) in [5.41, 5.74) is 12.1. The van der Waals surface area contributed by atoms with Crippen LogP contribution in [0, 0.1) is 0 Å². The van der Waals surface area contributed by atoms with Gasteiger partial charge in [-0.15, -0.1) is 0 Å². The van der Waals surface area contributed by atoms with Gasteiger partial charge in [0.25, 0.3) is 0 Å². The molecule has 2 heteroatoms. The normalized spacial score (nSPS) is 17.6. The van der Waals surface area contributed by atoms with Crippen molar-refractivity contribution in [2.45, 2.75) is 29.6 Å². The maximum absolute atomic E-state index is 4.96. The number of hydrogen-bond donors (Lipinski definition) is 0. The van der Waals surface area contributed by atoms with Crippen molar-refractivity contribution in [3.05, 3.63) is 214 Å². The summed E-state index contributed by atoms with van der Waals surface area (Å²) < 4.78 is 3.13. The minimum atomic E-state index is -4.96. The van der Waals surface area contributed by atoms with Gasteiger partial charge in [-0.25, -0.2) is 0 Å². The monoisotopic (exact) mass is 803 g/mol. The number of fused-ring (bicyclic) bond motifs is 2. The summed E-state index contributed by atoms with van der Waals surface area (Å²) in [5.74, 6) is -2.04. The second-order valence-electron chi connectivity index (χ2n) is 14.5. The summed E-state index contributed by atoms with van der Waals surface area (Å²) in [5, 5.41) is 3.19. The van der Waals surface area contributed by atoms with E-state index in [1.165, 1.54) is 30.6 Å². The fourth-order valence-electron chi connectivity index (χ4n) is 10.6. The van der Waals surface area contributed by atoms with Gasteiger partial charge in [0.15, 0.2) is 0 Å². The Labute approximate surface area is 288 Å². The number of benzene rings is 6. The molecule has 0 heterocycles.